The number of nitrogens with zero attached hydrogens (tertiary/aromatic N) is 2. The number of carboxylic acids is 1. The van der Waals surface area contributed by atoms with Gasteiger partial charge in [0, 0.05) is 23.9 Å². The molecule has 0 amide bonds. The second kappa shape index (κ2) is 5.13. The number of non-ortho nitro benzene ring substituents is 1. The molecular formula is C11H5F3N2O4S. The van der Waals surface area contributed by atoms with Crippen molar-refractivity contribution in [3.63, 3.8) is 0 Å². The van der Waals surface area contributed by atoms with Crippen molar-refractivity contribution in [1.82, 2.24) is 4.98 Å². The minimum absolute atomic E-state index is 0.00500. The molecule has 0 radical (unpaired) electrons. The van der Waals surface area contributed by atoms with Crippen molar-refractivity contribution in [2.75, 3.05) is 0 Å². The van der Waals surface area contributed by atoms with Gasteiger partial charge >= 0.3 is 12.1 Å². The third-order valence-corrected chi connectivity index (χ3v) is 3.50. The maximum absolute atomic E-state index is 12.5. The van der Waals surface area contributed by atoms with Gasteiger partial charge in [0.25, 0.3) is 5.69 Å². The third kappa shape index (κ3) is 3.16. The van der Waals surface area contributed by atoms with E-state index in [1.165, 1.54) is 0 Å². The molecule has 1 heterocycles. The zero-order chi connectivity index (χ0) is 15.8. The van der Waals surface area contributed by atoms with Crippen LogP contribution in [0.4, 0.5) is 18.9 Å². The van der Waals surface area contributed by atoms with Crippen molar-refractivity contribution in [1.29, 1.82) is 0 Å². The van der Waals surface area contributed by atoms with E-state index in [0.717, 1.165) is 24.4 Å². The first kappa shape index (κ1) is 14.9. The number of carbonyl (C=O) groups is 1. The number of halogens is 3. The number of benzene rings is 1. The Bertz CT molecular complexity index is 694. The van der Waals surface area contributed by atoms with Crippen LogP contribution < -0.4 is 0 Å². The first-order chi connectivity index (χ1) is 9.68. The lowest BCUT2D eigenvalue weighted by atomic mass is 10.1. The molecule has 0 fully saturated rings. The Morgan fingerprint density at radius 1 is 1.33 bits per heavy atom. The van der Waals surface area contributed by atoms with Crippen molar-refractivity contribution in [3.05, 3.63) is 45.1 Å². The summed E-state index contributed by atoms with van der Waals surface area (Å²) >= 11 is 0.282. The molecule has 6 nitrogen and oxygen atoms in total. The Kier molecular flexibility index (Phi) is 3.64. The van der Waals surface area contributed by atoms with Crippen LogP contribution in [0.3, 0.4) is 0 Å². The number of carboxylic acid groups (broad SMARTS) is 1. The molecule has 0 unspecified atom stereocenters. The summed E-state index contributed by atoms with van der Waals surface area (Å²) < 4.78 is 37.4. The monoisotopic (exact) mass is 318 g/mol. The van der Waals surface area contributed by atoms with Gasteiger partial charge in [-0.05, 0) is 6.07 Å². The number of hydrogen-bond donors (Lipinski definition) is 1. The van der Waals surface area contributed by atoms with Crippen LogP contribution in [0.1, 0.15) is 15.4 Å². The predicted octanol–water partition coefficient (Wildman–Crippen LogP) is 3.44. The Labute approximate surface area is 118 Å². The average molecular weight is 318 g/mol. The van der Waals surface area contributed by atoms with Gasteiger partial charge in [0.05, 0.1) is 15.4 Å². The van der Waals surface area contributed by atoms with Gasteiger partial charge in [-0.15, -0.1) is 11.3 Å². The second-order valence-corrected chi connectivity index (χ2v) is 4.89. The van der Waals surface area contributed by atoms with E-state index in [9.17, 15) is 28.1 Å². The van der Waals surface area contributed by atoms with E-state index in [1.54, 1.807) is 0 Å². The van der Waals surface area contributed by atoms with Crippen molar-refractivity contribution in [3.8, 4) is 10.4 Å². The number of rotatable bonds is 3. The summed E-state index contributed by atoms with van der Waals surface area (Å²) in [5.41, 5.74) is -0.914. The summed E-state index contributed by atoms with van der Waals surface area (Å²) in [7, 11) is 0. The molecule has 0 atom stereocenters. The van der Waals surface area contributed by atoms with E-state index >= 15 is 0 Å². The molecule has 0 bridgehead atoms. The highest BCUT2D eigenvalue weighted by atomic mass is 32.1. The van der Waals surface area contributed by atoms with Gasteiger partial charge < -0.3 is 5.11 Å². The Hall–Kier alpha value is -2.49. The minimum Gasteiger partial charge on any atom is -0.478 e. The summed E-state index contributed by atoms with van der Waals surface area (Å²) in [6, 6.07) is 2.89. The average Bonchev–Trinajstić information content (AvgIpc) is 2.87. The lowest BCUT2D eigenvalue weighted by molar-refractivity contribution is -0.384. The van der Waals surface area contributed by atoms with E-state index in [-0.39, 0.29) is 27.3 Å². The number of aromatic nitrogens is 1. The van der Waals surface area contributed by atoms with Gasteiger partial charge in [0.1, 0.15) is 0 Å². The van der Waals surface area contributed by atoms with Crippen LogP contribution in [-0.4, -0.2) is 21.0 Å². The standard InChI is InChI=1S/C11H5F3N2O4S/c12-11(13,14)10-15-4-8(21-10)5-1-6(9(17)18)3-7(2-5)16(19)20/h1-4H,(H,17,18). The normalized spacial score (nSPS) is 11.4. The van der Waals surface area contributed by atoms with Gasteiger partial charge in [-0.3, -0.25) is 10.1 Å². The van der Waals surface area contributed by atoms with Gasteiger partial charge in [-0.1, -0.05) is 0 Å². The fraction of sp³-hybridized carbons (Fsp3) is 0.0909. The smallest absolute Gasteiger partial charge is 0.443 e. The molecule has 0 aliphatic carbocycles. The molecule has 0 saturated heterocycles. The van der Waals surface area contributed by atoms with Gasteiger partial charge in [0.15, 0.2) is 5.01 Å². The highest BCUT2D eigenvalue weighted by molar-refractivity contribution is 7.15. The van der Waals surface area contributed by atoms with Gasteiger partial charge in [-0.2, -0.15) is 13.2 Å². The molecule has 2 rings (SSSR count). The Morgan fingerprint density at radius 2 is 2.00 bits per heavy atom. The summed E-state index contributed by atoms with van der Waals surface area (Å²) in [5.74, 6) is -1.42. The molecule has 0 spiro atoms. The molecule has 2 aromatic rings. The molecule has 1 N–H and O–H groups in total. The highest BCUT2D eigenvalue weighted by Gasteiger charge is 2.34. The summed E-state index contributed by atoms with van der Waals surface area (Å²) in [6.07, 6.45) is -3.72. The van der Waals surface area contributed by atoms with Crippen LogP contribution in [0.2, 0.25) is 0 Å². The van der Waals surface area contributed by atoms with Gasteiger partial charge in [-0.25, -0.2) is 9.78 Å². The molecule has 0 saturated carbocycles. The van der Waals surface area contributed by atoms with Crippen molar-refractivity contribution < 1.29 is 28.0 Å². The van der Waals surface area contributed by atoms with E-state index in [1.807, 2.05) is 0 Å². The first-order valence-corrected chi connectivity index (χ1v) is 6.06. The van der Waals surface area contributed by atoms with E-state index < -0.39 is 27.8 Å². The van der Waals surface area contributed by atoms with E-state index in [4.69, 9.17) is 5.11 Å². The van der Waals surface area contributed by atoms with Crippen LogP contribution in [0, 0.1) is 10.1 Å². The molecule has 110 valence electrons. The zero-order valence-corrected chi connectivity index (χ0v) is 10.7. The lowest BCUT2D eigenvalue weighted by Crippen LogP contribution is -2.02. The Balaban J connectivity index is 2.55. The molecule has 0 aliphatic heterocycles. The number of nitro groups is 1. The van der Waals surface area contributed by atoms with E-state index in [2.05, 4.69) is 4.98 Å². The van der Waals surface area contributed by atoms with Crippen LogP contribution in [-0.2, 0) is 6.18 Å². The molecule has 1 aromatic heterocycles. The summed E-state index contributed by atoms with van der Waals surface area (Å²) in [6.45, 7) is 0. The molecule has 21 heavy (non-hydrogen) atoms. The maximum atomic E-state index is 12.5. The fourth-order valence-electron chi connectivity index (χ4n) is 1.52. The number of aromatic carboxylic acids is 1. The fourth-order valence-corrected chi connectivity index (χ4v) is 2.29. The van der Waals surface area contributed by atoms with Gasteiger partial charge in [0.2, 0.25) is 0 Å². The number of thiazole rings is 1. The van der Waals surface area contributed by atoms with Crippen LogP contribution >= 0.6 is 11.3 Å². The van der Waals surface area contributed by atoms with Crippen LogP contribution in [0.25, 0.3) is 10.4 Å². The quantitative estimate of drug-likeness (QED) is 0.691. The van der Waals surface area contributed by atoms with Crippen molar-refractivity contribution >= 4 is 23.0 Å². The summed E-state index contributed by atoms with van der Waals surface area (Å²) in [5, 5.41) is 18.5. The molecular weight excluding hydrogens is 313 g/mol. The molecule has 1 aromatic carbocycles. The number of nitro benzene ring substituents is 1. The van der Waals surface area contributed by atoms with Crippen LogP contribution in [0.15, 0.2) is 24.4 Å². The molecule has 0 aliphatic rings. The first-order valence-electron chi connectivity index (χ1n) is 5.24. The Morgan fingerprint density at radius 3 is 2.48 bits per heavy atom. The van der Waals surface area contributed by atoms with Crippen LogP contribution in [0.5, 0.6) is 0 Å². The highest BCUT2D eigenvalue weighted by Crippen LogP contribution is 2.37. The van der Waals surface area contributed by atoms with Crippen molar-refractivity contribution in [2.45, 2.75) is 6.18 Å². The minimum atomic E-state index is -4.63. The summed E-state index contributed by atoms with van der Waals surface area (Å²) in [4.78, 5) is 24.0. The predicted molar refractivity (Wildman–Crippen MR) is 66.2 cm³/mol. The molecule has 10 heteroatoms. The number of hydrogen-bond acceptors (Lipinski definition) is 5. The lowest BCUT2D eigenvalue weighted by Gasteiger charge is -2.01. The second-order valence-electron chi connectivity index (χ2n) is 3.86. The largest absolute Gasteiger partial charge is 0.478 e. The van der Waals surface area contributed by atoms with E-state index in [0.29, 0.717) is 0 Å². The topological polar surface area (TPSA) is 93.3 Å². The third-order valence-electron chi connectivity index (χ3n) is 2.41. The maximum Gasteiger partial charge on any atom is 0.443 e. The number of alkyl halides is 3. The van der Waals surface area contributed by atoms with Crippen molar-refractivity contribution in [2.24, 2.45) is 0 Å². The zero-order valence-electron chi connectivity index (χ0n) is 9.92. The SMILES string of the molecule is O=C(O)c1cc(-c2cnc(C(F)(F)F)s2)cc([N+](=O)[O-])c1.